The fourth-order valence-electron chi connectivity index (χ4n) is 4.99. The number of aryl methyl sites for hydroxylation is 1. The van der Waals surface area contributed by atoms with Crippen molar-refractivity contribution in [3.05, 3.63) is 77.4 Å². The average molecular weight is 462 g/mol. The Morgan fingerprint density at radius 3 is 2.65 bits per heavy atom. The summed E-state index contributed by atoms with van der Waals surface area (Å²) in [7, 11) is 1.55. The predicted octanol–water partition coefficient (Wildman–Crippen LogP) is 6.18. The number of fused-ring (bicyclic) bond motifs is 1. The number of carboxylic acids is 1. The van der Waals surface area contributed by atoms with Gasteiger partial charge in [-0.05, 0) is 79.0 Å². The largest absolute Gasteiger partial charge is 0.497 e. The molecule has 34 heavy (non-hydrogen) atoms. The number of halogens is 1. The van der Waals surface area contributed by atoms with E-state index in [1.54, 1.807) is 32.4 Å². The second-order valence-corrected chi connectivity index (χ2v) is 9.32. The third-order valence-corrected chi connectivity index (χ3v) is 7.08. The molecule has 3 atom stereocenters. The Kier molecular flexibility index (Phi) is 5.98. The van der Waals surface area contributed by atoms with Crippen LogP contribution in [-0.2, 0) is 11.2 Å². The van der Waals surface area contributed by atoms with Crippen LogP contribution >= 0.6 is 0 Å². The van der Waals surface area contributed by atoms with E-state index in [0.717, 1.165) is 48.3 Å². The maximum atomic E-state index is 14.3. The second-order valence-electron chi connectivity index (χ2n) is 9.32. The third-order valence-electron chi connectivity index (χ3n) is 7.08. The minimum atomic E-state index is -0.759. The van der Waals surface area contributed by atoms with Gasteiger partial charge in [-0.1, -0.05) is 25.1 Å². The summed E-state index contributed by atoms with van der Waals surface area (Å²) < 4.78 is 25.9. The van der Waals surface area contributed by atoms with Crippen molar-refractivity contribution in [2.45, 2.75) is 44.6 Å². The molecule has 0 spiro atoms. The van der Waals surface area contributed by atoms with Crippen LogP contribution in [0, 0.1) is 17.7 Å². The van der Waals surface area contributed by atoms with Gasteiger partial charge in [0.05, 0.1) is 18.7 Å². The van der Waals surface area contributed by atoms with Crippen molar-refractivity contribution in [1.29, 1.82) is 0 Å². The number of rotatable bonds is 7. The van der Waals surface area contributed by atoms with E-state index in [1.807, 2.05) is 18.2 Å². The number of hydrogen-bond donors (Lipinski definition) is 1. The van der Waals surface area contributed by atoms with Crippen LogP contribution in [-0.4, -0.2) is 23.2 Å². The van der Waals surface area contributed by atoms with Crippen LogP contribution in [0.25, 0.3) is 11.1 Å². The lowest BCUT2D eigenvalue weighted by molar-refractivity contribution is -0.142. The Hall–Kier alpha value is -3.41. The Morgan fingerprint density at radius 1 is 1.15 bits per heavy atom. The predicted molar refractivity (Wildman–Crippen MR) is 127 cm³/mol. The van der Waals surface area contributed by atoms with E-state index in [-0.39, 0.29) is 17.8 Å². The van der Waals surface area contributed by atoms with E-state index in [4.69, 9.17) is 9.47 Å². The molecular weight excluding hydrogens is 433 g/mol. The minimum Gasteiger partial charge on any atom is -0.497 e. The quantitative estimate of drug-likeness (QED) is 0.455. The molecule has 6 heteroatoms. The summed E-state index contributed by atoms with van der Waals surface area (Å²) in [6.45, 7) is 1.80. The molecule has 5 rings (SSSR count). The molecule has 1 aliphatic heterocycles. The van der Waals surface area contributed by atoms with E-state index in [2.05, 4.69) is 17.1 Å². The summed E-state index contributed by atoms with van der Waals surface area (Å²) in [5.74, 6) is 0.302. The van der Waals surface area contributed by atoms with Gasteiger partial charge in [-0.25, -0.2) is 4.39 Å². The van der Waals surface area contributed by atoms with Crippen molar-refractivity contribution >= 4 is 5.97 Å². The molecular formula is C28H28FNO4. The van der Waals surface area contributed by atoms with E-state index >= 15 is 0 Å². The fourth-order valence-corrected chi connectivity index (χ4v) is 4.99. The highest BCUT2D eigenvalue weighted by molar-refractivity contribution is 5.71. The zero-order chi connectivity index (χ0) is 23.8. The summed E-state index contributed by atoms with van der Waals surface area (Å²) in [6.07, 6.45) is 5.27. The number of hydrogen-bond acceptors (Lipinski definition) is 4. The molecule has 1 aromatic heterocycles. The molecule has 2 aliphatic rings. The standard InChI is InChI=1S/C28H28FNO4/c1-16(28(31)32)27(18-4-5-18)19-6-3-17-8-12-25(34-26(17)13-19)24-11-7-20(15-30-24)22-14-21(33-2)9-10-23(22)29/h3,6-7,9-11,13-16,18,25,27H,4-5,8,12H2,1-2H3,(H,31,32)/t16-,25?,27?/m0/s1. The number of pyridine rings is 1. The SMILES string of the molecule is COc1ccc(F)c(-c2ccc(C3CCc4ccc(C(C5CC5)[C@H](C)C(=O)O)cc4O3)nc2)c1. The van der Waals surface area contributed by atoms with Gasteiger partial charge in [-0.15, -0.1) is 0 Å². The van der Waals surface area contributed by atoms with Crippen LogP contribution in [0.2, 0.25) is 0 Å². The number of aliphatic carboxylic acids is 1. The summed E-state index contributed by atoms with van der Waals surface area (Å²) >= 11 is 0. The molecule has 0 amide bonds. The highest BCUT2D eigenvalue weighted by Crippen LogP contribution is 2.48. The first kappa shape index (κ1) is 22.4. The molecule has 176 valence electrons. The number of carbonyl (C=O) groups is 1. The summed E-state index contributed by atoms with van der Waals surface area (Å²) in [5, 5.41) is 9.60. The molecule has 1 aliphatic carbocycles. The zero-order valence-corrected chi connectivity index (χ0v) is 19.3. The Bertz CT molecular complexity index is 1210. The second kappa shape index (κ2) is 9.09. The number of nitrogens with zero attached hydrogens (tertiary/aromatic N) is 1. The van der Waals surface area contributed by atoms with Crippen LogP contribution in [0.1, 0.15) is 55.0 Å². The number of benzene rings is 2. The van der Waals surface area contributed by atoms with Gasteiger partial charge in [0.25, 0.3) is 0 Å². The fraction of sp³-hybridized carbons (Fsp3) is 0.357. The molecule has 2 unspecified atom stereocenters. The van der Waals surface area contributed by atoms with Crippen molar-refractivity contribution < 1.29 is 23.8 Å². The highest BCUT2D eigenvalue weighted by Gasteiger charge is 2.39. The van der Waals surface area contributed by atoms with Gasteiger partial charge < -0.3 is 14.6 Å². The normalized spacial score (nSPS) is 19.0. The maximum Gasteiger partial charge on any atom is 0.306 e. The van der Waals surface area contributed by atoms with Crippen molar-refractivity contribution in [2.24, 2.45) is 11.8 Å². The van der Waals surface area contributed by atoms with Gasteiger partial charge in [0.2, 0.25) is 0 Å². The molecule has 0 radical (unpaired) electrons. The maximum absolute atomic E-state index is 14.3. The minimum absolute atomic E-state index is 0.00180. The molecule has 1 fully saturated rings. The first-order valence-corrected chi connectivity index (χ1v) is 11.8. The third kappa shape index (κ3) is 4.37. The van der Waals surface area contributed by atoms with Crippen molar-refractivity contribution in [2.75, 3.05) is 7.11 Å². The van der Waals surface area contributed by atoms with Crippen LogP contribution < -0.4 is 9.47 Å². The van der Waals surface area contributed by atoms with E-state index in [9.17, 15) is 14.3 Å². The van der Waals surface area contributed by atoms with Crippen LogP contribution in [0.4, 0.5) is 4.39 Å². The molecule has 1 saturated carbocycles. The Morgan fingerprint density at radius 2 is 1.97 bits per heavy atom. The van der Waals surface area contributed by atoms with Gasteiger partial charge in [-0.3, -0.25) is 9.78 Å². The zero-order valence-electron chi connectivity index (χ0n) is 19.3. The lowest BCUT2D eigenvalue weighted by atomic mass is 9.82. The van der Waals surface area contributed by atoms with E-state index in [0.29, 0.717) is 22.8 Å². The first-order chi connectivity index (χ1) is 16.4. The molecule has 0 saturated heterocycles. The van der Waals surface area contributed by atoms with Gasteiger partial charge in [0.1, 0.15) is 23.4 Å². The average Bonchev–Trinajstić information content (AvgIpc) is 3.69. The summed E-state index contributed by atoms with van der Waals surface area (Å²) in [4.78, 5) is 16.3. The lowest BCUT2D eigenvalue weighted by Crippen LogP contribution is -2.21. The number of ether oxygens (including phenoxy) is 2. The van der Waals surface area contributed by atoms with E-state index in [1.165, 1.54) is 6.07 Å². The molecule has 1 N–H and O–H groups in total. The van der Waals surface area contributed by atoms with Crippen LogP contribution in [0.3, 0.4) is 0 Å². The van der Waals surface area contributed by atoms with Crippen molar-refractivity contribution in [3.8, 4) is 22.6 Å². The molecule has 2 heterocycles. The Labute approximate surface area is 198 Å². The van der Waals surface area contributed by atoms with Crippen LogP contribution in [0.15, 0.2) is 54.7 Å². The monoisotopic (exact) mass is 461 g/mol. The van der Waals surface area contributed by atoms with Crippen LogP contribution in [0.5, 0.6) is 11.5 Å². The van der Waals surface area contributed by atoms with Gasteiger partial charge in [-0.2, -0.15) is 0 Å². The van der Waals surface area contributed by atoms with Gasteiger partial charge >= 0.3 is 5.97 Å². The molecule has 0 bridgehead atoms. The number of methoxy groups -OCH3 is 1. The highest BCUT2D eigenvalue weighted by atomic mass is 19.1. The van der Waals surface area contributed by atoms with E-state index < -0.39 is 11.9 Å². The van der Waals surface area contributed by atoms with Crippen molar-refractivity contribution in [3.63, 3.8) is 0 Å². The molecule has 2 aromatic carbocycles. The van der Waals surface area contributed by atoms with Crippen molar-refractivity contribution in [1.82, 2.24) is 4.98 Å². The van der Waals surface area contributed by atoms with Gasteiger partial charge in [0.15, 0.2) is 0 Å². The topological polar surface area (TPSA) is 68.7 Å². The summed E-state index contributed by atoms with van der Waals surface area (Å²) in [5.41, 5.74) is 4.08. The van der Waals surface area contributed by atoms with Gasteiger partial charge in [0, 0.05) is 17.3 Å². The number of aromatic nitrogens is 1. The molecule has 5 nitrogen and oxygen atoms in total. The molecule has 3 aromatic rings. The lowest BCUT2D eigenvalue weighted by Gasteiger charge is -2.28. The first-order valence-electron chi connectivity index (χ1n) is 11.8. The summed E-state index contributed by atoms with van der Waals surface area (Å²) in [6, 6.07) is 14.6. The number of carboxylic acid groups (broad SMARTS) is 1. The smallest absolute Gasteiger partial charge is 0.306 e. The Balaban J connectivity index is 1.37.